The first kappa shape index (κ1) is 14.9. The third kappa shape index (κ3) is 2.66. The molecular weight excluding hydrogens is 287 g/mol. The van der Waals surface area contributed by atoms with Gasteiger partial charge in [-0.25, -0.2) is 0 Å². The molecule has 1 heterocycles. The molecule has 0 aliphatic carbocycles. The van der Waals surface area contributed by atoms with Crippen LogP contribution in [0.2, 0.25) is 5.15 Å². The monoisotopic (exact) mass is 300 g/mol. The van der Waals surface area contributed by atoms with E-state index in [1.165, 1.54) is 6.07 Å². The minimum Gasteiger partial charge on any atom is -0.166 e. The van der Waals surface area contributed by atoms with E-state index in [-0.39, 0.29) is 0 Å². The highest BCUT2D eigenvalue weighted by Crippen LogP contribution is 2.30. The fourth-order valence-electron chi connectivity index (χ4n) is 2.10. The first-order valence-corrected chi connectivity index (χ1v) is 6.45. The Morgan fingerprint density at radius 1 is 0.950 bits per heavy atom. The Morgan fingerprint density at radius 3 is 2.15 bits per heavy atom. The van der Waals surface area contributed by atoms with E-state index in [9.17, 15) is 13.2 Å². The molecule has 1 aromatic carbocycles. The SMILES string of the molecule is Cc1cc(C(F)(F)F)ccc1-[n+]1c(Cl)ccc(C)c1C. The van der Waals surface area contributed by atoms with E-state index >= 15 is 0 Å². The molecule has 1 nitrogen and oxygen atoms in total. The number of halogens is 4. The van der Waals surface area contributed by atoms with Gasteiger partial charge in [0.05, 0.1) is 5.56 Å². The Bertz CT molecular complexity index is 663. The van der Waals surface area contributed by atoms with Crippen LogP contribution in [0.4, 0.5) is 13.2 Å². The summed E-state index contributed by atoms with van der Waals surface area (Å²) in [5.41, 5.74) is 2.46. The summed E-state index contributed by atoms with van der Waals surface area (Å²) in [6, 6.07) is 7.29. The maximum atomic E-state index is 12.7. The first-order chi connectivity index (χ1) is 9.21. The van der Waals surface area contributed by atoms with E-state index in [1.807, 2.05) is 19.9 Å². The maximum absolute atomic E-state index is 12.7. The molecule has 0 atom stereocenters. The van der Waals surface area contributed by atoms with Gasteiger partial charge in [-0.3, -0.25) is 0 Å². The van der Waals surface area contributed by atoms with E-state index in [0.717, 1.165) is 23.4 Å². The van der Waals surface area contributed by atoms with Gasteiger partial charge in [0.15, 0.2) is 5.69 Å². The van der Waals surface area contributed by atoms with Crippen LogP contribution in [0.15, 0.2) is 30.3 Å². The number of hydrogen-bond acceptors (Lipinski definition) is 0. The molecule has 0 aliphatic rings. The molecule has 0 saturated carbocycles. The van der Waals surface area contributed by atoms with Crippen LogP contribution >= 0.6 is 11.6 Å². The highest BCUT2D eigenvalue weighted by Gasteiger charge is 2.32. The average molecular weight is 301 g/mol. The standard InChI is InChI=1S/C15H14ClF3N/c1-9-4-7-14(16)20(11(9)3)13-6-5-12(8-10(13)2)15(17,18)19/h4-8H,1-3H3/q+1. The molecule has 106 valence electrons. The predicted octanol–water partition coefficient (Wildman–Crippen LogP) is 4.56. The molecule has 5 heteroatoms. The number of benzene rings is 1. The molecule has 2 rings (SSSR count). The second-order valence-corrected chi connectivity index (χ2v) is 5.15. The predicted molar refractivity (Wildman–Crippen MR) is 72.2 cm³/mol. The topological polar surface area (TPSA) is 3.88 Å². The van der Waals surface area contributed by atoms with Crippen molar-refractivity contribution in [2.45, 2.75) is 26.9 Å². The van der Waals surface area contributed by atoms with Crippen molar-refractivity contribution in [1.29, 1.82) is 0 Å². The summed E-state index contributed by atoms with van der Waals surface area (Å²) in [6.07, 6.45) is -4.33. The minimum atomic E-state index is -4.33. The molecule has 0 unspecified atom stereocenters. The number of rotatable bonds is 1. The van der Waals surface area contributed by atoms with E-state index in [1.54, 1.807) is 17.6 Å². The van der Waals surface area contributed by atoms with Gasteiger partial charge in [-0.05, 0) is 43.6 Å². The quantitative estimate of drug-likeness (QED) is 0.537. The molecule has 0 amide bonds. The molecule has 0 aliphatic heterocycles. The third-order valence-corrected chi connectivity index (χ3v) is 3.65. The fraction of sp³-hybridized carbons (Fsp3) is 0.267. The Morgan fingerprint density at radius 2 is 1.60 bits per heavy atom. The number of aromatic nitrogens is 1. The summed E-state index contributed by atoms with van der Waals surface area (Å²) in [5.74, 6) is 0. The van der Waals surface area contributed by atoms with E-state index in [4.69, 9.17) is 11.6 Å². The molecule has 2 aromatic rings. The zero-order valence-electron chi connectivity index (χ0n) is 11.3. The van der Waals surface area contributed by atoms with Crippen LogP contribution in [0.3, 0.4) is 0 Å². The zero-order chi connectivity index (χ0) is 15.1. The summed E-state index contributed by atoms with van der Waals surface area (Å²) in [5, 5.41) is 0.468. The second-order valence-electron chi connectivity index (χ2n) is 4.76. The Kier molecular flexibility index (Phi) is 3.78. The molecular formula is C15H14ClF3N+. The Hall–Kier alpha value is -1.55. The molecule has 0 bridgehead atoms. The average Bonchev–Trinajstić information content (AvgIpc) is 2.35. The van der Waals surface area contributed by atoms with Crippen molar-refractivity contribution < 1.29 is 17.7 Å². The lowest BCUT2D eigenvalue weighted by Crippen LogP contribution is -2.37. The number of aryl methyl sites for hydroxylation is 2. The van der Waals surface area contributed by atoms with Crippen LogP contribution in [-0.2, 0) is 6.18 Å². The van der Waals surface area contributed by atoms with Crippen LogP contribution in [-0.4, -0.2) is 0 Å². The molecule has 20 heavy (non-hydrogen) atoms. The van der Waals surface area contributed by atoms with Gasteiger partial charge in [0, 0.05) is 30.2 Å². The van der Waals surface area contributed by atoms with Gasteiger partial charge in [0.1, 0.15) is 0 Å². The van der Waals surface area contributed by atoms with Crippen molar-refractivity contribution >= 4 is 11.6 Å². The van der Waals surface area contributed by atoms with Crippen molar-refractivity contribution in [3.8, 4) is 5.69 Å². The molecule has 0 spiro atoms. The lowest BCUT2D eigenvalue weighted by molar-refractivity contribution is -0.601. The summed E-state index contributed by atoms with van der Waals surface area (Å²) in [4.78, 5) is 0. The molecule has 0 fully saturated rings. The number of pyridine rings is 1. The van der Waals surface area contributed by atoms with E-state index in [2.05, 4.69) is 0 Å². The van der Waals surface area contributed by atoms with Gasteiger partial charge in [-0.1, -0.05) is 0 Å². The molecule has 0 N–H and O–H groups in total. The van der Waals surface area contributed by atoms with Gasteiger partial charge < -0.3 is 0 Å². The highest BCUT2D eigenvalue weighted by atomic mass is 35.5. The normalized spacial score (nSPS) is 11.8. The molecule has 0 radical (unpaired) electrons. The van der Waals surface area contributed by atoms with Crippen molar-refractivity contribution in [3.05, 3.63) is 57.9 Å². The Labute approximate surface area is 120 Å². The van der Waals surface area contributed by atoms with Gasteiger partial charge >= 0.3 is 6.18 Å². The summed E-state index contributed by atoms with van der Waals surface area (Å²) in [7, 11) is 0. The smallest absolute Gasteiger partial charge is 0.166 e. The van der Waals surface area contributed by atoms with Crippen molar-refractivity contribution in [2.75, 3.05) is 0 Å². The highest BCUT2D eigenvalue weighted by molar-refractivity contribution is 6.28. The van der Waals surface area contributed by atoms with Crippen LogP contribution in [0.25, 0.3) is 5.69 Å². The van der Waals surface area contributed by atoms with Gasteiger partial charge in [0.2, 0.25) is 5.69 Å². The van der Waals surface area contributed by atoms with Crippen LogP contribution in [0.1, 0.15) is 22.4 Å². The molecule has 0 saturated heterocycles. The van der Waals surface area contributed by atoms with Crippen LogP contribution < -0.4 is 4.57 Å². The summed E-state index contributed by atoms with van der Waals surface area (Å²) in [6.45, 7) is 5.47. The third-order valence-electron chi connectivity index (χ3n) is 3.36. The van der Waals surface area contributed by atoms with Gasteiger partial charge in [0.25, 0.3) is 5.15 Å². The summed E-state index contributed by atoms with van der Waals surface area (Å²) < 4.78 is 39.8. The maximum Gasteiger partial charge on any atom is 0.416 e. The van der Waals surface area contributed by atoms with Crippen molar-refractivity contribution in [3.63, 3.8) is 0 Å². The van der Waals surface area contributed by atoms with E-state index < -0.39 is 11.7 Å². The molecule has 1 aromatic heterocycles. The van der Waals surface area contributed by atoms with Gasteiger partial charge in [-0.15, -0.1) is 4.57 Å². The number of hydrogen-bond donors (Lipinski definition) is 0. The number of nitrogens with zero attached hydrogens (tertiary/aromatic N) is 1. The minimum absolute atomic E-state index is 0.468. The van der Waals surface area contributed by atoms with Crippen molar-refractivity contribution in [2.24, 2.45) is 0 Å². The van der Waals surface area contributed by atoms with Crippen molar-refractivity contribution in [1.82, 2.24) is 0 Å². The fourth-order valence-corrected chi connectivity index (χ4v) is 2.38. The zero-order valence-corrected chi connectivity index (χ0v) is 12.1. The van der Waals surface area contributed by atoms with Gasteiger partial charge in [-0.2, -0.15) is 13.2 Å². The summed E-state index contributed by atoms with van der Waals surface area (Å²) >= 11 is 6.18. The first-order valence-electron chi connectivity index (χ1n) is 6.08. The van der Waals surface area contributed by atoms with E-state index in [0.29, 0.717) is 16.4 Å². The lowest BCUT2D eigenvalue weighted by atomic mass is 10.1. The lowest BCUT2D eigenvalue weighted by Gasteiger charge is -2.10. The van der Waals surface area contributed by atoms with Crippen LogP contribution in [0.5, 0.6) is 0 Å². The number of alkyl halides is 3. The Balaban J connectivity index is 2.64. The largest absolute Gasteiger partial charge is 0.416 e. The second kappa shape index (κ2) is 5.09. The van der Waals surface area contributed by atoms with Crippen LogP contribution in [0, 0.1) is 20.8 Å².